The standard InChI is InChI=1S/C28H28N2O6/c1-17-12-25(36-24-9-10-29-23-15-27(34-5)26(33-4)14-21(23)24)18(2)11-22(17)30-28(31)35-16-19-7-6-8-20(13-19)32-3/h6-15H,16H2,1-5H3,(H,30,31). The quantitative estimate of drug-likeness (QED) is 0.306. The summed E-state index contributed by atoms with van der Waals surface area (Å²) in [6.45, 7) is 3.93. The normalized spacial score (nSPS) is 10.6. The molecule has 4 aromatic rings. The second kappa shape index (κ2) is 10.9. The zero-order chi connectivity index (χ0) is 25.7. The summed E-state index contributed by atoms with van der Waals surface area (Å²) in [5.74, 6) is 3.17. The number of anilines is 1. The molecule has 0 unspecified atom stereocenters. The molecular formula is C28H28N2O6. The van der Waals surface area contributed by atoms with Gasteiger partial charge in [0, 0.05) is 23.3 Å². The van der Waals surface area contributed by atoms with Crippen molar-refractivity contribution in [3.63, 3.8) is 0 Å². The van der Waals surface area contributed by atoms with Crippen LogP contribution in [0.1, 0.15) is 16.7 Å². The fraction of sp³-hybridized carbons (Fsp3) is 0.214. The lowest BCUT2D eigenvalue weighted by molar-refractivity contribution is 0.155. The summed E-state index contributed by atoms with van der Waals surface area (Å²) in [5, 5.41) is 3.60. The Kier molecular flexibility index (Phi) is 7.44. The van der Waals surface area contributed by atoms with E-state index in [-0.39, 0.29) is 6.61 Å². The minimum Gasteiger partial charge on any atom is -0.497 e. The molecule has 0 saturated heterocycles. The molecule has 0 aliphatic heterocycles. The molecule has 0 atom stereocenters. The molecule has 0 bridgehead atoms. The van der Waals surface area contributed by atoms with Crippen molar-refractivity contribution in [2.75, 3.05) is 26.6 Å². The molecule has 0 aliphatic rings. The number of methoxy groups -OCH3 is 3. The minimum atomic E-state index is -0.546. The third-order valence-corrected chi connectivity index (χ3v) is 5.69. The van der Waals surface area contributed by atoms with Gasteiger partial charge in [0.05, 0.1) is 26.8 Å². The fourth-order valence-corrected chi connectivity index (χ4v) is 3.75. The number of hydrogen-bond donors (Lipinski definition) is 1. The number of aryl methyl sites for hydroxylation is 2. The Labute approximate surface area is 209 Å². The highest BCUT2D eigenvalue weighted by atomic mass is 16.5. The van der Waals surface area contributed by atoms with Crippen molar-refractivity contribution in [3.05, 3.63) is 77.5 Å². The number of pyridine rings is 1. The van der Waals surface area contributed by atoms with E-state index < -0.39 is 6.09 Å². The maximum Gasteiger partial charge on any atom is 0.411 e. The van der Waals surface area contributed by atoms with E-state index in [0.717, 1.165) is 27.6 Å². The van der Waals surface area contributed by atoms with E-state index in [2.05, 4.69) is 10.3 Å². The van der Waals surface area contributed by atoms with Gasteiger partial charge in [0.15, 0.2) is 11.5 Å². The molecule has 8 nitrogen and oxygen atoms in total. The van der Waals surface area contributed by atoms with Crippen molar-refractivity contribution < 1.29 is 28.5 Å². The van der Waals surface area contributed by atoms with Crippen molar-refractivity contribution in [2.24, 2.45) is 0 Å². The lowest BCUT2D eigenvalue weighted by Crippen LogP contribution is -2.14. The van der Waals surface area contributed by atoms with Crippen molar-refractivity contribution >= 4 is 22.7 Å². The SMILES string of the molecule is COc1cccc(COC(=O)Nc2cc(C)c(Oc3ccnc4cc(OC)c(OC)cc34)cc2C)c1. The van der Waals surface area contributed by atoms with Gasteiger partial charge < -0.3 is 23.7 Å². The first-order chi connectivity index (χ1) is 17.4. The number of benzene rings is 3. The van der Waals surface area contributed by atoms with Crippen molar-refractivity contribution in [1.82, 2.24) is 4.98 Å². The van der Waals surface area contributed by atoms with Crippen molar-refractivity contribution in [2.45, 2.75) is 20.5 Å². The monoisotopic (exact) mass is 488 g/mol. The summed E-state index contributed by atoms with van der Waals surface area (Å²) >= 11 is 0. The highest BCUT2D eigenvalue weighted by molar-refractivity contribution is 5.89. The van der Waals surface area contributed by atoms with Gasteiger partial charge in [-0.2, -0.15) is 0 Å². The largest absolute Gasteiger partial charge is 0.497 e. The molecule has 3 aromatic carbocycles. The second-order valence-electron chi connectivity index (χ2n) is 8.12. The predicted molar refractivity (Wildman–Crippen MR) is 138 cm³/mol. The Morgan fingerprint density at radius 2 is 1.61 bits per heavy atom. The van der Waals surface area contributed by atoms with Crippen LogP contribution in [0.25, 0.3) is 10.9 Å². The van der Waals surface area contributed by atoms with Crippen LogP contribution in [0.3, 0.4) is 0 Å². The van der Waals surface area contributed by atoms with Gasteiger partial charge in [-0.15, -0.1) is 0 Å². The molecule has 0 spiro atoms. The molecule has 36 heavy (non-hydrogen) atoms. The molecule has 0 radical (unpaired) electrons. The maximum atomic E-state index is 12.4. The number of nitrogens with one attached hydrogen (secondary N) is 1. The number of hydrogen-bond acceptors (Lipinski definition) is 7. The molecule has 8 heteroatoms. The lowest BCUT2D eigenvalue weighted by Gasteiger charge is -2.16. The molecule has 4 rings (SSSR count). The molecule has 0 fully saturated rings. The van der Waals surface area contributed by atoms with Crippen LogP contribution in [0.5, 0.6) is 28.7 Å². The van der Waals surface area contributed by atoms with Crippen LogP contribution in [0.4, 0.5) is 10.5 Å². The molecule has 1 amide bonds. The van der Waals surface area contributed by atoms with Gasteiger partial charge in [0.2, 0.25) is 0 Å². The number of carbonyl (C=O) groups is 1. The Morgan fingerprint density at radius 3 is 2.36 bits per heavy atom. The summed E-state index contributed by atoms with van der Waals surface area (Å²) < 4.78 is 27.7. The molecule has 1 N–H and O–H groups in total. The lowest BCUT2D eigenvalue weighted by atomic mass is 10.1. The summed E-state index contributed by atoms with van der Waals surface area (Å²) in [6, 6.07) is 16.5. The van der Waals surface area contributed by atoms with E-state index in [1.54, 1.807) is 33.6 Å². The third-order valence-electron chi connectivity index (χ3n) is 5.69. The van der Waals surface area contributed by atoms with Crippen LogP contribution in [0, 0.1) is 13.8 Å². The zero-order valence-electron chi connectivity index (χ0n) is 20.9. The Balaban J connectivity index is 1.50. The topological polar surface area (TPSA) is 88.1 Å². The molecule has 1 heterocycles. The second-order valence-corrected chi connectivity index (χ2v) is 8.12. The molecule has 0 aliphatic carbocycles. The number of fused-ring (bicyclic) bond motifs is 1. The first kappa shape index (κ1) is 24.7. The predicted octanol–water partition coefficient (Wildman–Crippen LogP) is 6.42. The van der Waals surface area contributed by atoms with Crippen molar-refractivity contribution in [3.8, 4) is 28.7 Å². The van der Waals surface area contributed by atoms with Gasteiger partial charge in [-0.05, 0) is 66.9 Å². The van der Waals surface area contributed by atoms with Gasteiger partial charge in [0.25, 0.3) is 0 Å². The summed E-state index contributed by atoms with van der Waals surface area (Å²) in [6.07, 6.45) is 1.13. The van der Waals surface area contributed by atoms with Crippen LogP contribution in [0.2, 0.25) is 0 Å². The van der Waals surface area contributed by atoms with Gasteiger partial charge in [-0.25, -0.2) is 4.79 Å². The van der Waals surface area contributed by atoms with Gasteiger partial charge >= 0.3 is 6.09 Å². The van der Waals surface area contributed by atoms with Crippen LogP contribution < -0.4 is 24.3 Å². The van der Waals surface area contributed by atoms with Gasteiger partial charge in [-0.1, -0.05) is 12.1 Å². The van der Waals surface area contributed by atoms with E-state index in [1.807, 2.05) is 62.4 Å². The summed E-state index contributed by atoms with van der Waals surface area (Å²) in [4.78, 5) is 16.8. The first-order valence-electron chi connectivity index (χ1n) is 11.3. The van der Waals surface area contributed by atoms with E-state index in [9.17, 15) is 4.79 Å². The van der Waals surface area contributed by atoms with Gasteiger partial charge in [0.1, 0.15) is 23.9 Å². The number of rotatable bonds is 8. The van der Waals surface area contributed by atoms with E-state index in [1.165, 1.54) is 0 Å². The van der Waals surface area contributed by atoms with E-state index in [4.69, 9.17) is 23.7 Å². The first-order valence-corrected chi connectivity index (χ1v) is 11.3. The maximum absolute atomic E-state index is 12.4. The molecule has 0 saturated carbocycles. The number of nitrogens with zero attached hydrogens (tertiary/aromatic N) is 1. The number of ether oxygens (including phenoxy) is 5. The fourth-order valence-electron chi connectivity index (χ4n) is 3.75. The Hall–Kier alpha value is -4.46. The van der Waals surface area contributed by atoms with Crippen LogP contribution >= 0.6 is 0 Å². The third kappa shape index (κ3) is 5.43. The average Bonchev–Trinajstić information content (AvgIpc) is 2.89. The minimum absolute atomic E-state index is 0.131. The Bertz CT molecular complexity index is 1400. The van der Waals surface area contributed by atoms with Crippen LogP contribution in [-0.2, 0) is 11.3 Å². The number of carbonyl (C=O) groups excluding carboxylic acids is 1. The van der Waals surface area contributed by atoms with Crippen LogP contribution in [0.15, 0.2) is 60.8 Å². The molecule has 186 valence electrons. The molecule has 1 aromatic heterocycles. The highest BCUT2D eigenvalue weighted by Crippen LogP contribution is 2.38. The van der Waals surface area contributed by atoms with E-state index in [0.29, 0.717) is 34.4 Å². The van der Waals surface area contributed by atoms with E-state index >= 15 is 0 Å². The van der Waals surface area contributed by atoms with Crippen LogP contribution in [-0.4, -0.2) is 32.4 Å². The zero-order valence-corrected chi connectivity index (χ0v) is 20.9. The summed E-state index contributed by atoms with van der Waals surface area (Å²) in [7, 11) is 4.76. The number of aromatic nitrogens is 1. The van der Waals surface area contributed by atoms with Crippen molar-refractivity contribution in [1.29, 1.82) is 0 Å². The smallest absolute Gasteiger partial charge is 0.411 e. The Morgan fingerprint density at radius 1 is 0.833 bits per heavy atom. The summed E-state index contributed by atoms with van der Waals surface area (Å²) in [5.41, 5.74) is 3.86. The molecular weight excluding hydrogens is 460 g/mol. The average molecular weight is 489 g/mol. The van der Waals surface area contributed by atoms with Gasteiger partial charge in [-0.3, -0.25) is 10.3 Å². The number of amides is 1. The highest BCUT2D eigenvalue weighted by Gasteiger charge is 2.14.